The molecule has 1 aromatic carbocycles. The van der Waals surface area contributed by atoms with Gasteiger partial charge in [-0.25, -0.2) is 9.18 Å². The third-order valence-corrected chi connectivity index (χ3v) is 1.32. The average molecular weight is 203 g/mol. The van der Waals surface area contributed by atoms with Gasteiger partial charge in [0.25, 0.3) is 0 Å². The molecule has 3 nitrogen and oxygen atoms in total. The summed E-state index contributed by atoms with van der Waals surface area (Å²) in [7, 11) is 0. The summed E-state index contributed by atoms with van der Waals surface area (Å²) in [6.45, 7) is -3.10. The van der Waals surface area contributed by atoms with Crippen molar-refractivity contribution in [3.05, 3.63) is 24.0 Å². The molecule has 0 fully saturated rings. The molecule has 0 bridgehead atoms. The maximum Gasteiger partial charge on any atom is 0.387 e. The number of alkyl halides is 2. The summed E-state index contributed by atoms with van der Waals surface area (Å²) in [6, 6.07) is 3.21. The Morgan fingerprint density at radius 3 is 2.71 bits per heavy atom. The van der Waals surface area contributed by atoms with Gasteiger partial charge in [-0.15, -0.1) is 0 Å². The van der Waals surface area contributed by atoms with Gasteiger partial charge < -0.3 is 4.74 Å². The minimum absolute atomic E-state index is 0.497. The maximum atomic E-state index is 12.9. The summed E-state index contributed by atoms with van der Waals surface area (Å²) < 4.78 is 40.4. The van der Waals surface area contributed by atoms with Crippen LogP contribution in [0.25, 0.3) is 0 Å². The van der Waals surface area contributed by atoms with Gasteiger partial charge >= 0.3 is 6.61 Å². The highest BCUT2D eigenvalue weighted by Crippen LogP contribution is 2.30. The lowest BCUT2D eigenvalue weighted by atomic mass is 10.3. The molecule has 0 N–H and O–H groups in total. The lowest BCUT2D eigenvalue weighted by molar-refractivity contribution is -0.0495. The zero-order valence-corrected chi connectivity index (χ0v) is 6.71. The maximum absolute atomic E-state index is 12.9. The van der Waals surface area contributed by atoms with E-state index in [-0.39, 0.29) is 0 Å². The van der Waals surface area contributed by atoms with Crippen LogP contribution in [0.15, 0.2) is 23.2 Å². The van der Waals surface area contributed by atoms with E-state index in [2.05, 4.69) is 9.73 Å². The molecule has 0 aliphatic carbocycles. The normalized spacial score (nSPS) is 9.71. The molecular formula is C8H4F3NO2. The van der Waals surface area contributed by atoms with Crippen LogP contribution in [0.2, 0.25) is 0 Å². The van der Waals surface area contributed by atoms with E-state index >= 15 is 0 Å². The van der Waals surface area contributed by atoms with E-state index in [1.54, 1.807) is 0 Å². The first-order valence-corrected chi connectivity index (χ1v) is 3.46. The molecule has 0 aliphatic rings. The van der Waals surface area contributed by atoms with Crippen LogP contribution in [0.4, 0.5) is 18.9 Å². The number of ether oxygens (including phenoxy) is 1. The van der Waals surface area contributed by atoms with Crippen LogP contribution < -0.4 is 4.74 Å². The van der Waals surface area contributed by atoms with Crippen molar-refractivity contribution in [3.8, 4) is 5.75 Å². The van der Waals surface area contributed by atoms with Crippen LogP contribution in [-0.4, -0.2) is 12.7 Å². The number of hydrogen-bond donors (Lipinski definition) is 0. The fourth-order valence-corrected chi connectivity index (χ4v) is 0.841. The minimum Gasteiger partial charge on any atom is -0.432 e. The van der Waals surface area contributed by atoms with Crippen molar-refractivity contribution in [2.45, 2.75) is 6.61 Å². The highest BCUT2D eigenvalue weighted by molar-refractivity contribution is 5.58. The molecule has 0 atom stereocenters. The Morgan fingerprint density at radius 2 is 2.14 bits per heavy atom. The van der Waals surface area contributed by atoms with Crippen LogP contribution in [0.5, 0.6) is 5.75 Å². The molecule has 0 aliphatic heterocycles. The largest absolute Gasteiger partial charge is 0.432 e. The molecule has 0 spiro atoms. The predicted molar refractivity (Wildman–Crippen MR) is 40.8 cm³/mol. The molecule has 14 heavy (non-hydrogen) atoms. The molecule has 0 aromatic heterocycles. The zero-order valence-electron chi connectivity index (χ0n) is 6.71. The molecule has 1 aromatic rings. The Labute approximate surface area is 76.8 Å². The molecule has 0 heterocycles. The standard InChI is InChI=1S/C8H4F3NO2/c9-5-2-1-3-6(14-8(10)11)7(5)12-4-13/h1-3,8H. The molecular weight excluding hydrogens is 199 g/mol. The number of carbonyl (C=O) groups excluding carboxylic acids is 1. The quantitative estimate of drug-likeness (QED) is 0.558. The van der Waals surface area contributed by atoms with Crippen LogP contribution in [0.1, 0.15) is 0 Å². The number of rotatable bonds is 3. The van der Waals surface area contributed by atoms with Crippen molar-refractivity contribution in [1.82, 2.24) is 0 Å². The summed E-state index contributed by atoms with van der Waals surface area (Å²) in [6.07, 6.45) is 1.05. The van der Waals surface area contributed by atoms with E-state index < -0.39 is 23.9 Å². The van der Waals surface area contributed by atoms with Crippen molar-refractivity contribution in [3.63, 3.8) is 0 Å². The SMILES string of the molecule is O=C=Nc1c(F)cccc1OC(F)F. The Morgan fingerprint density at radius 1 is 1.43 bits per heavy atom. The second-order valence-corrected chi connectivity index (χ2v) is 2.17. The second kappa shape index (κ2) is 4.43. The van der Waals surface area contributed by atoms with Crippen LogP contribution in [0, 0.1) is 5.82 Å². The zero-order chi connectivity index (χ0) is 10.6. The summed E-state index contributed by atoms with van der Waals surface area (Å²) in [5.74, 6) is -1.42. The molecule has 1 rings (SSSR count). The number of hydrogen-bond acceptors (Lipinski definition) is 3. The van der Waals surface area contributed by atoms with Gasteiger partial charge in [-0.1, -0.05) is 6.07 Å². The summed E-state index contributed by atoms with van der Waals surface area (Å²) in [5, 5.41) is 0. The molecule has 0 saturated carbocycles. The Kier molecular flexibility index (Phi) is 3.25. The highest BCUT2D eigenvalue weighted by atomic mass is 19.3. The van der Waals surface area contributed by atoms with Gasteiger partial charge in [0.2, 0.25) is 6.08 Å². The van der Waals surface area contributed by atoms with Crippen molar-refractivity contribution in [2.75, 3.05) is 0 Å². The number of halogens is 3. The van der Waals surface area contributed by atoms with Crippen molar-refractivity contribution in [1.29, 1.82) is 0 Å². The summed E-state index contributed by atoms with van der Waals surface area (Å²) in [4.78, 5) is 12.8. The van der Waals surface area contributed by atoms with E-state index in [0.29, 0.717) is 0 Å². The predicted octanol–water partition coefficient (Wildman–Crippen LogP) is 2.39. The van der Waals surface area contributed by atoms with E-state index in [1.165, 1.54) is 0 Å². The van der Waals surface area contributed by atoms with Crippen LogP contribution >= 0.6 is 0 Å². The van der Waals surface area contributed by atoms with E-state index in [9.17, 15) is 18.0 Å². The van der Waals surface area contributed by atoms with E-state index in [1.807, 2.05) is 0 Å². The lowest BCUT2D eigenvalue weighted by Gasteiger charge is -2.06. The lowest BCUT2D eigenvalue weighted by Crippen LogP contribution is -2.02. The number of isocyanates is 1. The van der Waals surface area contributed by atoms with E-state index in [4.69, 9.17) is 0 Å². The second-order valence-electron chi connectivity index (χ2n) is 2.17. The number of para-hydroxylation sites is 1. The number of benzene rings is 1. The van der Waals surface area contributed by atoms with Gasteiger partial charge in [0, 0.05) is 0 Å². The Bertz CT molecular complexity index is 375. The Balaban J connectivity index is 3.14. The van der Waals surface area contributed by atoms with Crippen molar-refractivity contribution >= 4 is 11.8 Å². The monoisotopic (exact) mass is 203 g/mol. The molecule has 0 unspecified atom stereocenters. The molecule has 0 saturated heterocycles. The van der Waals surface area contributed by atoms with Gasteiger partial charge in [0.15, 0.2) is 17.3 Å². The first-order valence-electron chi connectivity index (χ1n) is 3.46. The van der Waals surface area contributed by atoms with Crippen molar-refractivity contribution in [2.24, 2.45) is 4.99 Å². The average Bonchev–Trinajstić information content (AvgIpc) is 2.10. The highest BCUT2D eigenvalue weighted by Gasteiger charge is 2.12. The first kappa shape index (κ1) is 10.3. The van der Waals surface area contributed by atoms with Crippen LogP contribution in [-0.2, 0) is 4.79 Å². The van der Waals surface area contributed by atoms with Crippen molar-refractivity contribution < 1.29 is 22.7 Å². The van der Waals surface area contributed by atoms with E-state index in [0.717, 1.165) is 24.3 Å². The first-order chi connectivity index (χ1) is 6.65. The third-order valence-electron chi connectivity index (χ3n) is 1.32. The third kappa shape index (κ3) is 2.34. The van der Waals surface area contributed by atoms with Gasteiger partial charge in [-0.05, 0) is 12.1 Å². The fourth-order valence-electron chi connectivity index (χ4n) is 0.841. The summed E-state index contributed by atoms with van der Waals surface area (Å²) >= 11 is 0. The van der Waals surface area contributed by atoms with Gasteiger partial charge in [-0.3, -0.25) is 0 Å². The number of nitrogens with zero attached hydrogens (tertiary/aromatic N) is 1. The summed E-state index contributed by atoms with van der Waals surface area (Å²) in [5.41, 5.74) is -0.581. The van der Waals surface area contributed by atoms with Gasteiger partial charge in [0.1, 0.15) is 0 Å². The van der Waals surface area contributed by atoms with Gasteiger partial charge in [-0.2, -0.15) is 13.8 Å². The minimum atomic E-state index is -3.10. The molecule has 6 heteroatoms. The fraction of sp³-hybridized carbons (Fsp3) is 0.125. The van der Waals surface area contributed by atoms with Crippen LogP contribution in [0.3, 0.4) is 0 Å². The van der Waals surface area contributed by atoms with Gasteiger partial charge in [0.05, 0.1) is 0 Å². The number of aliphatic imine (C=N–C) groups is 1. The topological polar surface area (TPSA) is 38.7 Å². The molecule has 74 valence electrons. The smallest absolute Gasteiger partial charge is 0.387 e. The molecule has 0 amide bonds. The Hall–Kier alpha value is -1.81. The molecule has 0 radical (unpaired) electrons.